The van der Waals surface area contributed by atoms with Crippen molar-refractivity contribution in [1.29, 1.82) is 0 Å². The number of nitrogens with zero attached hydrogens (tertiary/aromatic N) is 1. The highest BCUT2D eigenvalue weighted by molar-refractivity contribution is 7.09. The van der Waals surface area contributed by atoms with E-state index >= 15 is 0 Å². The van der Waals surface area contributed by atoms with Crippen molar-refractivity contribution in [1.82, 2.24) is 4.98 Å². The summed E-state index contributed by atoms with van der Waals surface area (Å²) in [5.74, 6) is 0. The first kappa shape index (κ1) is 11.6. The van der Waals surface area contributed by atoms with Crippen molar-refractivity contribution in [3.63, 3.8) is 0 Å². The quantitative estimate of drug-likeness (QED) is 0.716. The van der Waals surface area contributed by atoms with Crippen LogP contribution in [0.4, 0.5) is 0 Å². The lowest BCUT2D eigenvalue weighted by Crippen LogP contribution is -1.92. The van der Waals surface area contributed by atoms with Crippen molar-refractivity contribution in [3.8, 4) is 0 Å². The highest BCUT2D eigenvalue weighted by atomic mass is 35.5. The zero-order valence-corrected chi connectivity index (χ0v) is 10.5. The normalized spacial score (nSPS) is 12.6. The number of aromatic nitrogens is 1. The van der Waals surface area contributed by atoms with Crippen molar-refractivity contribution in [2.24, 2.45) is 0 Å². The largest absolute Gasteiger partial charge is 0.250 e. The van der Waals surface area contributed by atoms with Gasteiger partial charge in [0.2, 0.25) is 0 Å². The molecule has 0 N–H and O–H groups in total. The van der Waals surface area contributed by atoms with Crippen LogP contribution in [0.25, 0.3) is 0 Å². The van der Waals surface area contributed by atoms with E-state index in [1.807, 2.05) is 29.8 Å². The summed E-state index contributed by atoms with van der Waals surface area (Å²) in [5.41, 5.74) is 1.21. The molecule has 1 atom stereocenters. The maximum Gasteiger partial charge on any atom is 0.0924 e. The summed E-state index contributed by atoms with van der Waals surface area (Å²) in [6.45, 7) is 0. The number of aryl methyl sites for hydroxylation is 1. The number of hydrogen-bond donors (Lipinski definition) is 0. The maximum atomic E-state index is 6.33. The molecule has 3 heteroatoms. The predicted molar refractivity (Wildman–Crippen MR) is 70.1 cm³/mol. The molecule has 0 saturated carbocycles. The molecular weight excluding hydrogens is 238 g/mol. The summed E-state index contributed by atoms with van der Waals surface area (Å²) in [5, 5.41) is 3.35. The summed E-state index contributed by atoms with van der Waals surface area (Å²) < 4.78 is 0. The molecule has 2 rings (SSSR count). The molecule has 0 bridgehead atoms. The van der Waals surface area contributed by atoms with Crippen LogP contribution < -0.4 is 0 Å². The van der Waals surface area contributed by atoms with Crippen LogP contribution in [0.5, 0.6) is 0 Å². The lowest BCUT2D eigenvalue weighted by atomic mass is 10.1. The molecule has 1 heterocycles. The van der Waals surface area contributed by atoms with E-state index in [1.165, 1.54) is 10.6 Å². The van der Waals surface area contributed by atoms with Crippen LogP contribution in [0, 0.1) is 0 Å². The third-order valence-corrected chi connectivity index (χ3v) is 3.80. The first-order valence-corrected chi connectivity index (χ1v) is 6.75. The van der Waals surface area contributed by atoms with Crippen LogP contribution >= 0.6 is 22.9 Å². The van der Waals surface area contributed by atoms with Gasteiger partial charge in [0, 0.05) is 11.6 Å². The highest BCUT2D eigenvalue weighted by Gasteiger charge is 2.07. The van der Waals surface area contributed by atoms with Crippen molar-refractivity contribution in [3.05, 3.63) is 52.5 Å². The fourth-order valence-corrected chi connectivity index (χ4v) is 2.60. The number of benzene rings is 1. The Labute approximate surface area is 105 Å². The number of hydrogen-bond acceptors (Lipinski definition) is 2. The molecule has 1 unspecified atom stereocenters. The molecule has 0 aliphatic rings. The Balaban J connectivity index is 1.78. The fraction of sp³-hybridized carbons (Fsp3) is 0.308. The Morgan fingerprint density at radius 2 is 2.06 bits per heavy atom. The van der Waals surface area contributed by atoms with Gasteiger partial charge in [0.25, 0.3) is 0 Å². The highest BCUT2D eigenvalue weighted by Crippen LogP contribution is 2.26. The van der Waals surface area contributed by atoms with Crippen LogP contribution in [0.2, 0.25) is 0 Å². The van der Waals surface area contributed by atoms with Gasteiger partial charge < -0.3 is 0 Å². The topological polar surface area (TPSA) is 12.9 Å². The molecule has 84 valence electrons. The molecule has 0 spiro atoms. The minimum absolute atomic E-state index is 0.126. The zero-order chi connectivity index (χ0) is 11.2. The molecule has 1 nitrogen and oxygen atoms in total. The van der Waals surface area contributed by atoms with Gasteiger partial charge >= 0.3 is 0 Å². The summed E-state index contributed by atoms with van der Waals surface area (Å²) in [6, 6.07) is 10.3. The minimum Gasteiger partial charge on any atom is -0.250 e. The van der Waals surface area contributed by atoms with Gasteiger partial charge in [-0.2, -0.15) is 0 Å². The molecule has 0 saturated heterocycles. The van der Waals surface area contributed by atoms with E-state index in [4.69, 9.17) is 11.6 Å². The average Bonchev–Trinajstić information content (AvgIpc) is 2.83. The zero-order valence-electron chi connectivity index (χ0n) is 8.97. The van der Waals surface area contributed by atoms with Crippen LogP contribution in [0.1, 0.15) is 28.8 Å². The molecule has 0 fully saturated rings. The van der Waals surface area contributed by atoms with E-state index in [-0.39, 0.29) is 5.38 Å². The van der Waals surface area contributed by atoms with Gasteiger partial charge in [0.05, 0.1) is 10.4 Å². The first-order valence-electron chi connectivity index (χ1n) is 5.43. The van der Waals surface area contributed by atoms with E-state index in [9.17, 15) is 0 Å². The molecule has 0 amide bonds. The van der Waals surface area contributed by atoms with Gasteiger partial charge in [0.15, 0.2) is 0 Å². The lowest BCUT2D eigenvalue weighted by Gasteiger charge is -2.08. The van der Waals surface area contributed by atoms with Gasteiger partial charge in [-0.25, -0.2) is 4.98 Å². The summed E-state index contributed by atoms with van der Waals surface area (Å²) in [6.07, 6.45) is 4.99. The monoisotopic (exact) mass is 251 g/mol. The van der Waals surface area contributed by atoms with E-state index < -0.39 is 0 Å². The second kappa shape index (κ2) is 6.02. The first-order chi connectivity index (χ1) is 7.86. The Hall–Kier alpha value is -0.860. The third kappa shape index (κ3) is 3.32. The predicted octanol–water partition coefficient (Wildman–Crippen LogP) is 4.45. The second-order valence-corrected chi connectivity index (χ2v) is 5.20. The van der Waals surface area contributed by atoms with E-state index in [0.717, 1.165) is 19.3 Å². The van der Waals surface area contributed by atoms with Crippen molar-refractivity contribution in [2.75, 3.05) is 0 Å². The van der Waals surface area contributed by atoms with Crippen molar-refractivity contribution < 1.29 is 0 Å². The number of halogens is 1. The van der Waals surface area contributed by atoms with E-state index in [0.29, 0.717) is 0 Å². The molecule has 1 aromatic carbocycles. The minimum atomic E-state index is 0.126. The lowest BCUT2D eigenvalue weighted by molar-refractivity contribution is 0.714. The molecule has 2 aromatic rings. The molecule has 0 aliphatic heterocycles. The Morgan fingerprint density at radius 3 is 2.75 bits per heavy atom. The fourth-order valence-electron chi connectivity index (χ4n) is 1.64. The SMILES string of the molecule is ClC(CCCc1nccs1)c1ccccc1. The van der Waals surface area contributed by atoms with Crippen molar-refractivity contribution in [2.45, 2.75) is 24.6 Å². The third-order valence-electron chi connectivity index (χ3n) is 2.49. The van der Waals surface area contributed by atoms with Gasteiger partial charge in [-0.05, 0) is 24.8 Å². The maximum absolute atomic E-state index is 6.33. The van der Waals surface area contributed by atoms with Crippen LogP contribution in [-0.4, -0.2) is 4.98 Å². The molecule has 16 heavy (non-hydrogen) atoms. The number of rotatable bonds is 5. The molecule has 1 aromatic heterocycles. The van der Waals surface area contributed by atoms with Crippen molar-refractivity contribution >= 4 is 22.9 Å². The summed E-state index contributed by atoms with van der Waals surface area (Å²) in [4.78, 5) is 4.26. The van der Waals surface area contributed by atoms with Gasteiger partial charge in [0.1, 0.15) is 0 Å². The molecule has 0 aliphatic carbocycles. The van der Waals surface area contributed by atoms with E-state index in [2.05, 4.69) is 17.1 Å². The molecule has 0 radical (unpaired) electrons. The number of thiazole rings is 1. The van der Waals surface area contributed by atoms with Gasteiger partial charge in [-0.3, -0.25) is 0 Å². The molecular formula is C13H14ClNS. The van der Waals surface area contributed by atoms with E-state index in [1.54, 1.807) is 11.3 Å². The van der Waals surface area contributed by atoms with Crippen LogP contribution in [0.15, 0.2) is 41.9 Å². The van der Waals surface area contributed by atoms with Crippen LogP contribution in [-0.2, 0) is 6.42 Å². The second-order valence-electron chi connectivity index (χ2n) is 3.70. The number of alkyl halides is 1. The van der Waals surface area contributed by atoms with Crippen LogP contribution in [0.3, 0.4) is 0 Å². The standard InChI is InChI=1S/C13H14ClNS/c14-12(11-5-2-1-3-6-11)7-4-8-13-15-9-10-16-13/h1-3,5-6,9-10,12H,4,7-8H2. The van der Waals surface area contributed by atoms with Gasteiger partial charge in [-0.1, -0.05) is 30.3 Å². The average molecular weight is 252 g/mol. The smallest absolute Gasteiger partial charge is 0.0924 e. The Bertz CT molecular complexity index is 399. The summed E-state index contributed by atoms with van der Waals surface area (Å²) in [7, 11) is 0. The Kier molecular flexibility index (Phi) is 4.37. The Morgan fingerprint density at radius 1 is 1.25 bits per heavy atom. The summed E-state index contributed by atoms with van der Waals surface area (Å²) >= 11 is 8.05. The van der Waals surface area contributed by atoms with Gasteiger partial charge in [-0.15, -0.1) is 22.9 Å².